The summed E-state index contributed by atoms with van der Waals surface area (Å²) in [5, 5.41) is 8.56. The summed E-state index contributed by atoms with van der Waals surface area (Å²) in [6.45, 7) is 2.49. The molecule has 0 aliphatic heterocycles. The molecule has 1 amide bonds. The second-order valence-corrected chi connectivity index (χ2v) is 3.97. The van der Waals surface area contributed by atoms with Crippen molar-refractivity contribution in [3.63, 3.8) is 0 Å². The van der Waals surface area contributed by atoms with Gasteiger partial charge in [-0.05, 0) is 18.9 Å². The fourth-order valence-electron chi connectivity index (χ4n) is 1.11. The van der Waals surface area contributed by atoms with Gasteiger partial charge in [-0.15, -0.1) is 11.6 Å². The van der Waals surface area contributed by atoms with E-state index in [1.807, 2.05) is 6.92 Å². The van der Waals surface area contributed by atoms with Crippen LogP contribution >= 0.6 is 11.6 Å². The first-order valence-corrected chi connectivity index (χ1v) is 5.55. The van der Waals surface area contributed by atoms with Crippen molar-refractivity contribution in [2.75, 3.05) is 6.54 Å². The maximum atomic E-state index is 11.5. The van der Waals surface area contributed by atoms with Gasteiger partial charge in [-0.2, -0.15) is 5.10 Å². The number of rotatable bonds is 5. The number of nitrogens with one attached hydrogen (secondary N) is 2. The minimum atomic E-state index is -0.330. The van der Waals surface area contributed by atoms with Crippen molar-refractivity contribution in [2.45, 2.75) is 25.1 Å². The molecule has 1 aromatic heterocycles. The van der Waals surface area contributed by atoms with E-state index in [1.54, 1.807) is 0 Å². The molecule has 0 radical (unpaired) electrons. The second kappa shape index (κ2) is 6.27. The number of aromatic nitrogens is 2. The lowest BCUT2D eigenvalue weighted by atomic mass is 10.2. The summed E-state index contributed by atoms with van der Waals surface area (Å²) in [5.74, 6) is -0.309. The van der Waals surface area contributed by atoms with E-state index in [-0.39, 0.29) is 22.5 Å². The number of alkyl halides is 1. The van der Waals surface area contributed by atoms with Gasteiger partial charge in [0.05, 0.1) is 0 Å². The summed E-state index contributed by atoms with van der Waals surface area (Å²) in [7, 11) is 0. The van der Waals surface area contributed by atoms with Crippen molar-refractivity contribution in [2.24, 2.45) is 0 Å². The van der Waals surface area contributed by atoms with E-state index in [1.165, 1.54) is 12.1 Å². The number of amides is 1. The summed E-state index contributed by atoms with van der Waals surface area (Å²) < 4.78 is 0. The zero-order valence-electron chi connectivity index (χ0n) is 9.00. The minimum Gasteiger partial charge on any atom is -0.351 e. The number of aromatic amines is 1. The Balaban J connectivity index is 2.41. The fourth-order valence-corrected chi connectivity index (χ4v) is 1.22. The summed E-state index contributed by atoms with van der Waals surface area (Å²) in [4.78, 5) is 22.2. The average molecular weight is 244 g/mol. The molecule has 0 fully saturated rings. The number of halogens is 1. The van der Waals surface area contributed by atoms with E-state index in [9.17, 15) is 9.59 Å². The van der Waals surface area contributed by atoms with Crippen LogP contribution < -0.4 is 10.9 Å². The predicted octanol–water partition coefficient (Wildman–Crippen LogP) is 0.907. The molecule has 5 nitrogen and oxygen atoms in total. The van der Waals surface area contributed by atoms with Crippen LogP contribution in [0.1, 0.15) is 30.3 Å². The fraction of sp³-hybridized carbons (Fsp3) is 0.500. The molecular weight excluding hydrogens is 230 g/mol. The van der Waals surface area contributed by atoms with Gasteiger partial charge in [0.15, 0.2) is 0 Å². The highest BCUT2D eigenvalue weighted by molar-refractivity contribution is 6.20. The predicted molar refractivity (Wildman–Crippen MR) is 61.7 cm³/mol. The molecule has 0 saturated carbocycles. The normalized spacial score (nSPS) is 12.1. The van der Waals surface area contributed by atoms with Crippen LogP contribution in [-0.4, -0.2) is 28.0 Å². The van der Waals surface area contributed by atoms with Crippen LogP contribution in [0, 0.1) is 0 Å². The van der Waals surface area contributed by atoms with Gasteiger partial charge in [0, 0.05) is 18.0 Å². The smallest absolute Gasteiger partial charge is 0.271 e. The maximum Gasteiger partial charge on any atom is 0.271 e. The number of H-pyrrole nitrogens is 1. The summed E-state index contributed by atoms with van der Waals surface area (Å²) in [6, 6.07) is 2.64. The Morgan fingerprint density at radius 3 is 2.94 bits per heavy atom. The molecule has 0 aliphatic carbocycles. The topological polar surface area (TPSA) is 74.8 Å². The summed E-state index contributed by atoms with van der Waals surface area (Å²) in [5.41, 5.74) is -0.134. The van der Waals surface area contributed by atoms with E-state index in [4.69, 9.17) is 11.6 Å². The van der Waals surface area contributed by atoms with Crippen LogP contribution in [0.5, 0.6) is 0 Å². The Bertz CT molecular complexity index is 385. The monoisotopic (exact) mass is 243 g/mol. The van der Waals surface area contributed by atoms with E-state index in [0.29, 0.717) is 13.0 Å². The highest BCUT2D eigenvalue weighted by atomic mass is 35.5. The van der Waals surface area contributed by atoms with Crippen LogP contribution in [0.4, 0.5) is 0 Å². The van der Waals surface area contributed by atoms with E-state index < -0.39 is 0 Å². The standard InChI is InChI=1S/C10H14ClN3O2/c1-2-7(11)5-6-12-10(16)8-3-4-9(15)14-13-8/h3-4,7H,2,5-6H2,1H3,(H,12,16)(H,14,15). The molecule has 88 valence electrons. The van der Waals surface area contributed by atoms with Crippen LogP contribution in [0.15, 0.2) is 16.9 Å². The van der Waals surface area contributed by atoms with Gasteiger partial charge in [0.1, 0.15) is 5.69 Å². The Labute approximate surface area is 98.2 Å². The van der Waals surface area contributed by atoms with Crippen molar-refractivity contribution in [1.29, 1.82) is 0 Å². The molecule has 0 bridgehead atoms. The Hall–Kier alpha value is -1.36. The van der Waals surface area contributed by atoms with Gasteiger partial charge < -0.3 is 5.32 Å². The molecule has 0 aliphatic rings. The minimum absolute atomic E-state index is 0.0730. The van der Waals surface area contributed by atoms with Gasteiger partial charge in [-0.3, -0.25) is 9.59 Å². The van der Waals surface area contributed by atoms with Crippen LogP contribution in [0.3, 0.4) is 0 Å². The van der Waals surface area contributed by atoms with Gasteiger partial charge >= 0.3 is 0 Å². The molecule has 1 heterocycles. The average Bonchev–Trinajstić information content (AvgIpc) is 2.29. The molecule has 1 unspecified atom stereocenters. The first-order valence-electron chi connectivity index (χ1n) is 5.11. The highest BCUT2D eigenvalue weighted by Crippen LogP contribution is 2.04. The zero-order chi connectivity index (χ0) is 12.0. The second-order valence-electron chi connectivity index (χ2n) is 3.36. The molecule has 0 aromatic carbocycles. The van der Waals surface area contributed by atoms with Crippen LogP contribution in [-0.2, 0) is 0 Å². The van der Waals surface area contributed by atoms with Crippen molar-refractivity contribution < 1.29 is 4.79 Å². The van der Waals surface area contributed by atoms with E-state index in [0.717, 1.165) is 6.42 Å². The number of nitrogens with zero attached hydrogens (tertiary/aromatic N) is 1. The lowest BCUT2D eigenvalue weighted by molar-refractivity contribution is 0.0947. The van der Waals surface area contributed by atoms with Gasteiger partial charge in [0.2, 0.25) is 0 Å². The Morgan fingerprint density at radius 2 is 2.38 bits per heavy atom. The van der Waals surface area contributed by atoms with Gasteiger partial charge in [-0.1, -0.05) is 6.92 Å². The Kier molecular flexibility index (Phi) is 4.98. The SMILES string of the molecule is CCC(Cl)CCNC(=O)c1ccc(=O)[nH]n1. The number of carbonyl (C=O) groups excluding carboxylic acids is 1. The van der Waals surface area contributed by atoms with Crippen molar-refractivity contribution in [1.82, 2.24) is 15.5 Å². The van der Waals surface area contributed by atoms with Crippen LogP contribution in [0.25, 0.3) is 0 Å². The third-order valence-electron chi connectivity index (χ3n) is 2.10. The quantitative estimate of drug-likeness (QED) is 0.755. The first kappa shape index (κ1) is 12.7. The highest BCUT2D eigenvalue weighted by Gasteiger charge is 2.07. The summed E-state index contributed by atoms with van der Waals surface area (Å²) in [6.07, 6.45) is 1.58. The third-order valence-corrected chi connectivity index (χ3v) is 2.62. The molecule has 0 spiro atoms. The molecule has 1 rings (SSSR count). The molecule has 6 heteroatoms. The first-order chi connectivity index (χ1) is 7.63. The van der Waals surface area contributed by atoms with E-state index in [2.05, 4.69) is 15.5 Å². The third kappa shape index (κ3) is 4.02. The molecule has 0 saturated heterocycles. The van der Waals surface area contributed by atoms with Crippen molar-refractivity contribution >= 4 is 17.5 Å². The lowest BCUT2D eigenvalue weighted by Crippen LogP contribution is -2.27. The number of carbonyl (C=O) groups is 1. The van der Waals surface area contributed by atoms with Crippen LogP contribution in [0.2, 0.25) is 0 Å². The Morgan fingerprint density at radius 1 is 1.62 bits per heavy atom. The largest absolute Gasteiger partial charge is 0.351 e. The van der Waals surface area contributed by atoms with Gasteiger partial charge in [0.25, 0.3) is 11.5 Å². The number of hydrogen-bond acceptors (Lipinski definition) is 3. The lowest BCUT2D eigenvalue weighted by Gasteiger charge is -2.07. The van der Waals surface area contributed by atoms with E-state index >= 15 is 0 Å². The molecule has 16 heavy (non-hydrogen) atoms. The van der Waals surface area contributed by atoms with Gasteiger partial charge in [-0.25, -0.2) is 5.10 Å². The zero-order valence-corrected chi connectivity index (χ0v) is 9.75. The molecule has 1 atom stereocenters. The molecular formula is C10H14ClN3O2. The van der Waals surface area contributed by atoms with Crippen molar-refractivity contribution in [3.8, 4) is 0 Å². The number of hydrogen-bond donors (Lipinski definition) is 2. The molecule has 1 aromatic rings. The maximum absolute atomic E-state index is 11.5. The van der Waals surface area contributed by atoms with Crippen molar-refractivity contribution in [3.05, 3.63) is 28.2 Å². The molecule has 2 N–H and O–H groups in total. The summed E-state index contributed by atoms with van der Waals surface area (Å²) >= 11 is 5.90.